The molecule has 152 valence electrons. The van der Waals surface area contributed by atoms with Crippen LogP contribution in [0.1, 0.15) is 10.4 Å². The molecule has 4 aromatic rings. The molecule has 1 aliphatic heterocycles. The third-order valence-corrected chi connectivity index (χ3v) is 6.51. The normalized spacial score (nSPS) is 16.2. The van der Waals surface area contributed by atoms with Crippen LogP contribution in [0.3, 0.4) is 0 Å². The van der Waals surface area contributed by atoms with Gasteiger partial charge in [0.1, 0.15) is 12.4 Å². The summed E-state index contributed by atoms with van der Waals surface area (Å²) in [6, 6.07) is 25.9. The molecular weight excluding hydrogens is 424 g/mol. The summed E-state index contributed by atoms with van der Waals surface area (Å²) in [4.78, 5) is 18.8. The van der Waals surface area contributed by atoms with Gasteiger partial charge in [-0.05, 0) is 64.3 Å². The van der Waals surface area contributed by atoms with Crippen molar-refractivity contribution in [3.63, 3.8) is 0 Å². The number of carbonyl (C=O) groups is 1. The van der Waals surface area contributed by atoms with Crippen molar-refractivity contribution >= 4 is 56.7 Å². The molecule has 0 spiro atoms. The van der Waals surface area contributed by atoms with Gasteiger partial charge >= 0.3 is 0 Å². The Morgan fingerprint density at radius 1 is 0.935 bits per heavy atom. The number of nitrogens with zero attached hydrogens (tertiary/aromatic N) is 1. The number of amides is 1. The lowest BCUT2D eigenvalue weighted by atomic mass is 10.1. The van der Waals surface area contributed by atoms with Crippen LogP contribution in [0.25, 0.3) is 16.8 Å². The largest absolute Gasteiger partial charge is 0.487 e. The Hall–Kier alpha value is -3.35. The minimum absolute atomic E-state index is 0.156. The predicted molar refractivity (Wildman–Crippen MR) is 130 cm³/mol. The Morgan fingerprint density at radius 3 is 2.48 bits per heavy atom. The van der Waals surface area contributed by atoms with E-state index in [0.717, 1.165) is 32.6 Å². The number of aliphatic imine (C=N–C) groups is 1. The molecule has 1 fully saturated rings. The van der Waals surface area contributed by atoms with Crippen molar-refractivity contribution in [2.24, 2.45) is 4.99 Å². The average Bonchev–Trinajstić information content (AvgIpc) is 3.43. The Labute approximate surface area is 188 Å². The molecule has 0 saturated carbocycles. The molecule has 6 heteroatoms. The van der Waals surface area contributed by atoms with E-state index in [0.29, 0.717) is 16.7 Å². The first-order valence-electron chi connectivity index (χ1n) is 9.77. The van der Waals surface area contributed by atoms with Gasteiger partial charge in [-0.2, -0.15) is 0 Å². The molecule has 0 unspecified atom stereocenters. The maximum Gasteiger partial charge on any atom is 0.264 e. The van der Waals surface area contributed by atoms with E-state index in [1.807, 2.05) is 66.1 Å². The standard InChI is InChI=1S/C25H18N2O2S2/c28-24-23(31-25(27-24)26-20-9-2-1-3-10-20)15-19-13-17-7-4-5-8-18(17)14-22(19)29-16-21-11-6-12-30-21/h1-15H,16H2,(H,26,27,28)/b23-15+. The van der Waals surface area contributed by atoms with E-state index >= 15 is 0 Å². The van der Waals surface area contributed by atoms with Crippen LogP contribution in [0.2, 0.25) is 0 Å². The van der Waals surface area contributed by atoms with Crippen LogP contribution in [0, 0.1) is 0 Å². The molecule has 0 atom stereocenters. The second-order valence-corrected chi connectivity index (χ2v) is 8.99. The lowest BCUT2D eigenvalue weighted by Gasteiger charge is -2.11. The first kappa shape index (κ1) is 19.6. The number of ether oxygens (including phenoxy) is 1. The van der Waals surface area contributed by atoms with Crippen LogP contribution < -0.4 is 10.1 Å². The van der Waals surface area contributed by atoms with Gasteiger partial charge in [-0.15, -0.1) is 11.3 Å². The number of hydrogen-bond donors (Lipinski definition) is 1. The maximum atomic E-state index is 12.6. The van der Waals surface area contributed by atoms with Crippen LogP contribution in [0.5, 0.6) is 5.75 Å². The predicted octanol–water partition coefficient (Wildman–Crippen LogP) is 6.37. The fourth-order valence-corrected chi connectivity index (χ4v) is 4.71. The van der Waals surface area contributed by atoms with Crippen LogP contribution in [-0.4, -0.2) is 11.1 Å². The molecular formula is C25H18N2O2S2. The smallest absolute Gasteiger partial charge is 0.264 e. The number of thioether (sulfide) groups is 1. The number of thiophene rings is 1. The zero-order valence-corrected chi connectivity index (χ0v) is 18.1. The summed E-state index contributed by atoms with van der Waals surface area (Å²) in [6.07, 6.45) is 1.88. The summed E-state index contributed by atoms with van der Waals surface area (Å²) in [5.74, 6) is 0.596. The Kier molecular flexibility index (Phi) is 5.56. The number of fused-ring (bicyclic) bond motifs is 1. The molecule has 1 aliphatic rings. The highest BCUT2D eigenvalue weighted by Gasteiger charge is 2.24. The Bertz CT molecular complexity index is 1300. The number of carbonyl (C=O) groups excluding carboxylic acids is 1. The summed E-state index contributed by atoms with van der Waals surface area (Å²) >= 11 is 3.00. The van der Waals surface area contributed by atoms with Gasteiger partial charge in [-0.25, -0.2) is 4.99 Å². The summed E-state index contributed by atoms with van der Waals surface area (Å²) < 4.78 is 6.15. The van der Waals surface area contributed by atoms with Crippen molar-refractivity contribution in [1.82, 2.24) is 5.32 Å². The summed E-state index contributed by atoms with van der Waals surface area (Å²) in [5.41, 5.74) is 1.67. The van der Waals surface area contributed by atoms with Crippen molar-refractivity contribution in [1.29, 1.82) is 0 Å². The van der Waals surface area contributed by atoms with Gasteiger partial charge in [0.2, 0.25) is 0 Å². The van der Waals surface area contributed by atoms with Crippen molar-refractivity contribution in [3.05, 3.63) is 99.6 Å². The van der Waals surface area contributed by atoms with Gasteiger partial charge in [-0.3, -0.25) is 4.79 Å². The Balaban J connectivity index is 1.48. The molecule has 5 rings (SSSR count). The summed E-state index contributed by atoms with van der Waals surface area (Å²) in [5, 5.41) is 7.66. The minimum Gasteiger partial charge on any atom is -0.487 e. The minimum atomic E-state index is -0.156. The van der Waals surface area contributed by atoms with Crippen LogP contribution >= 0.6 is 23.1 Å². The zero-order valence-electron chi connectivity index (χ0n) is 16.4. The number of benzene rings is 3. The molecule has 3 aromatic carbocycles. The topological polar surface area (TPSA) is 50.7 Å². The van der Waals surface area contributed by atoms with Gasteiger partial charge in [0.05, 0.1) is 10.6 Å². The molecule has 1 N–H and O–H groups in total. The van der Waals surface area contributed by atoms with Gasteiger partial charge in [-0.1, -0.05) is 48.5 Å². The van der Waals surface area contributed by atoms with E-state index < -0.39 is 0 Å². The average molecular weight is 443 g/mol. The second-order valence-electron chi connectivity index (χ2n) is 6.92. The number of para-hydroxylation sites is 1. The van der Waals surface area contributed by atoms with Crippen LogP contribution in [0.4, 0.5) is 5.69 Å². The third-order valence-electron chi connectivity index (χ3n) is 4.75. The maximum absolute atomic E-state index is 12.6. The fraction of sp³-hybridized carbons (Fsp3) is 0.0400. The number of amidine groups is 1. The molecule has 1 aromatic heterocycles. The lowest BCUT2D eigenvalue weighted by molar-refractivity contribution is -0.115. The SMILES string of the molecule is O=C1NC(=Nc2ccccc2)S/C1=C/c1cc2ccccc2cc1OCc1cccs1. The third kappa shape index (κ3) is 4.55. The molecule has 1 saturated heterocycles. The van der Waals surface area contributed by atoms with Crippen LogP contribution in [-0.2, 0) is 11.4 Å². The van der Waals surface area contributed by atoms with E-state index in [-0.39, 0.29) is 5.91 Å². The van der Waals surface area contributed by atoms with Crippen molar-refractivity contribution < 1.29 is 9.53 Å². The monoisotopic (exact) mass is 442 g/mol. The highest BCUT2D eigenvalue weighted by atomic mass is 32.2. The van der Waals surface area contributed by atoms with E-state index in [2.05, 4.69) is 34.6 Å². The number of rotatable bonds is 5. The molecule has 31 heavy (non-hydrogen) atoms. The van der Waals surface area contributed by atoms with E-state index in [9.17, 15) is 4.79 Å². The van der Waals surface area contributed by atoms with Gasteiger partial charge < -0.3 is 10.1 Å². The number of hydrogen-bond acceptors (Lipinski definition) is 5. The summed E-state index contributed by atoms with van der Waals surface area (Å²) in [6.45, 7) is 0.492. The van der Waals surface area contributed by atoms with Crippen molar-refractivity contribution in [2.75, 3.05) is 0 Å². The van der Waals surface area contributed by atoms with Gasteiger partial charge in [0.25, 0.3) is 5.91 Å². The van der Waals surface area contributed by atoms with E-state index in [1.165, 1.54) is 11.8 Å². The first-order valence-corrected chi connectivity index (χ1v) is 11.5. The zero-order chi connectivity index (χ0) is 21.0. The second kappa shape index (κ2) is 8.79. The molecule has 1 amide bonds. The van der Waals surface area contributed by atoms with Crippen molar-refractivity contribution in [3.8, 4) is 5.75 Å². The quantitative estimate of drug-likeness (QED) is 0.365. The lowest BCUT2D eigenvalue weighted by Crippen LogP contribution is -2.19. The number of nitrogens with one attached hydrogen (secondary N) is 1. The molecule has 0 aliphatic carbocycles. The van der Waals surface area contributed by atoms with E-state index in [4.69, 9.17) is 4.74 Å². The highest BCUT2D eigenvalue weighted by Crippen LogP contribution is 2.33. The fourth-order valence-electron chi connectivity index (χ4n) is 3.26. The Morgan fingerprint density at radius 2 is 1.71 bits per heavy atom. The molecule has 2 heterocycles. The van der Waals surface area contributed by atoms with Gasteiger partial charge in [0.15, 0.2) is 5.17 Å². The molecule has 0 radical (unpaired) electrons. The van der Waals surface area contributed by atoms with Crippen molar-refractivity contribution in [2.45, 2.75) is 6.61 Å². The highest BCUT2D eigenvalue weighted by molar-refractivity contribution is 8.18. The van der Waals surface area contributed by atoms with Gasteiger partial charge in [0, 0.05) is 10.4 Å². The summed E-state index contributed by atoms with van der Waals surface area (Å²) in [7, 11) is 0. The molecule has 0 bridgehead atoms. The molecule has 4 nitrogen and oxygen atoms in total. The first-order chi connectivity index (χ1) is 15.2. The van der Waals surface area contributed by atoms with E-state index in [1.54, 1.807) is 11.3 Å². The van der Waals surface area contributed by atoms with Crippen LogP contribution in [0.15, 0.2) is 94.1 Å².